The molecule has 0 amide bonds. The highest BCUT2D eigenvalue weighted by Gasteiger charge is 1.93. The lowest BCUT2D eigenvalue weighted by Gasteiger charge is -2.14. The van der Waals surface area contributed by atoms with Gasteiger partial charge in [0.25, 0.3) is 0 Å². The zero-order valence-corrected chi connectivity index (χ0v) is 4.96. The topological polar surface area (TPSA) is 29.3 Å². The second-order valence-electron chi connectivity index (χ2n) is 1.96. The minimum absolute atomic E-state index is 0.836. The van der Waals surface area contributed by atoms with Crippen LogP contribution >= 0.6 is 0 Å². The molecule has 2 heteroatoms. The monoisotopic (exact) mass is 110 g/mol. The standard InChI is InChI=1S/C6H10N2/c1-6-2-4-8(7)5-3-6/h2-4H,5,7H2,1H3. The molecule has 8 heavy (non-hydrogen) atoms. The van der Waals surface area contributed by atoms with Crippen molar-refractivity contribution in [1.82, 2.24) is 5.01 Å². The maximum Gasteiger partial charge on any atom is 0.0521 e. The van der Waals surface area contributed by atoms with E-state index >= 15 is 0 Å². The molecule has 1 aliphatic rings. The van der Waals surface area contributed by atoms with Crippen molar-refractivity contribution < 1.29 is 0 Å². The van der Waals surface area contributed by atoms with Crippen LogP contribution < -0.4 is 5.84 Å². The van der Waals surface area contributed by atoms with Crippen molar-refractivity contribution in [3.05, 3.63) is 23.9 Å². The molecule has 0 atom stereocenters. The van der Waals surface area contributed by atoms with Crippen molar-refractivity contribution in [2.45, 2.75) is 6.92 Å². The summed E-state index contributed by atoms with van der Waals surface area (Å²) < 4.78 is 0. The fourth-order valence-electron chi connectivity index (χ4n) is 0.592. The van der Waals surface area contributed by atoms with Gasteiger partial charge in [0.15, 0.2) is 0 Å². The van der Waals surface area contributed by atoms with Gasteiger partial charge in [0.2, 0.25) is 0 Å². The minimum atomic E-state index is 0.836. The summed E-state index contributed by atoms with van der Waals surface area (Å²) in [5.74, 6) is 5.40. The summed E-state index contributed by atoms with van der Waals surface area (Å²) in [6, 6.07) is 0. The lowest BCUT2D eigenvalue weighted by molar-refractivity contribution is 0.432. The van der Waals surface area contributed by atoms with Crippen LogP contribution in [0.4, 0.5) is 0 Å². The molecule has 0 fully saturated rings. The van der Waals surface area contributed by atoms with Crippen LogP contribution in [0.2, 0.25) is 0 Å². The van der Waals surface area contributed by atoms with Crippen LogP contribution in [0.5, 0.6) is 0 Å². The van der Waals surface area contributed by atoms with Crippen molar-refractivity contribution in [2.75, 3.05) is 6.54 Å². The molecule has 44 valence electrons. The second-order valence-corrected chi connectivity index (χ2v) is 1.96. The van der Waals surface area contributed by atoms with E-state index in [0.717, 1.165) is 6.54 Å². The molecule has 1 rings (SSSR count). The molecule has 0 aromatic heterocycles. The lowest BCUT2D eigenvalue weighted by Crippen LogP contribution is -2.26. The second kappa shape index (κ2) is 2.01. The Hall–Kier alpha value is -0.760. The molecule has 2 N–H and O–H groups in total. The van der Waals surface area contributed by atoms with Gasteiger partial charge in [-0.2, -0.15) is 0 Å². The molecule has 0 aliphatic carbocycles. The van der Waals surface area contributed by atoms with Gasteiger partial charge >= 0.3 is 0 Å². The minimum Gasteiger partial charge on any atom is -0.314 e. The molecule has 0 spiro atoms. The van der Waals surface area contributed by atoms with Gasteiger partial charge in [-0.05, 0) is 13.0 Å². The van der Waals surface area contributed by atoms with Crippen LogP contribution in [0.25, 0.3) is 0 Å². The average molecular weight is 110 g/mol. The summed E-state index contributed by atoms with van der Waals surface area (Å²) in [6.45, 7) is 2.89. The molecule has 0 radical (unpaired) electrons. The number of hydrazine groups is 1. The van der Waals surface area contributed by atoms with E-state index in [-0.39, 0.29) is 0 Å². The summed E-state index contributed by atoms with van der Waals surface area (Å²) in [5, 5.41) is 1.65. The van der Waals surface area contributed by atoms with Crippen LogP contribution in [-0.2, 0) is 0 Å². The summed E-state index contributed by atoms with van der Waals surface area (Å²) >= 11 is 0. The van der Waals surface area contributed by atoms with E-state index in [2.05, 4.69) is 13.0 Å². The van der Waals surface area contributed by atoms with Crippen molar-refractivity contribution in [2.24, 2.45) is 5.84 Å². The Bertz CT molecular complexity index is 135. The zero-order valence-electron chi connectivity index (χ0n) is 4.96. The van der Waals surface area contributed by atoms with Crippen LogP contribution in [0.15, 0.2) is 23.9 Å². The number of nitrogens with zero attached hydrogens (tertiary/aromatic N) is 1. The molecule has 0 aromatic rings. The Balaban J connectivity index is 2.58. The lowest BCUT2D eigenvalue weighted by atomic mass is 10.2. The Kier molecular flexibility index (Phi) is 1.35. The van der Waals surface area contributed by atoms with E-state index in [0.29, 0.717) is 0 Å². The molecule has 2 nitrogen and oxygen atoms in total. The molecule has 0 saturated heterocycles. The van der Waals surface area contributed by atoms with Crippen molar-refractivity contribution in [1.29, 1.82) is 0 Å². The fraction of sp³-hybridized carbons (Fsp3) is 0.333. The SMILES string of the molecule is CC1=CCN(N)C=C1. The highest BCUT2D eigenvalue weighted by Crippen LogP contribution is 2.00. The summed E-state index contributed by atoms with van der Waals surface area (Å²) in [4.78, 5) is 0. The quantitative estimate of drug-likeness (QED) is 0.463. The maximum absolute atomic E-state index is 5.40. The van der Waals surface area contributed by atoms with Gasteiger partial charge in [0.1, 0.15) is 0 Å². The van der Waals surface area contributed by atoms with Gasteiger partial charge in [0, 0.05) is 6.20 Å². The van der Waals surface area contributed by atoms with E-state index in [1.54, 1.807) is 5.01 Å². The van der Waals surface area contributed by atoms with E-state index in [1.165, 1.54) is 5.57 Å². The largest absolute Gasteiger partial charge is 0.314 e. The van der Waals surface area contributed by atoms with Crippen molar-refractivity contribution >= 4 is 0 Å². The van der Waals surface area contributed by atoms with Gasteiger partial charge < -0.3 is 5.01 Å². The predicted molar refractivity (Wildman–Crippen MR) is 33.8 cm³/mol. The van der Waals surface area contributed by atoms with Gasteiger partial charge in [0.05, 0.1) is 6.54 Å². The third kappa shape index (κ3) is 1.10. The number of hydrogen-bond donors (Lipinski definition) is 1. The predicted octanol–water partition coefficient (Wildman–Crippen LogP) is 0.636. The first kappa shape index (κ1) is 5.38. The van der Waals surface area contributed by atoms with Gasteiger partial charge in [-0.3, -0.25) is 0 Å². The van der Waals surface area contributed by atoms with Crippen LogP contribution in [0.3, 0.4) is 0 Å². The Morgan fingerprint density at radius 3 is 2.88 bits per heavy atom. The fourth-order valence-corrected chi connectivity index (χ4v) is 0.592. The highest BCUT2D eigenvalue weighted by atomic mass is 15.4. The summed E-state index contributed by atoms with van der Waals surface area (Å²) in [5.41, 5.74) is 1.28. The molecular weight excluding hydrogens is 100 g/mol. The summed E-state index contributed by atoms with van der Waals surface area (Å²) in [7, 11) is 0. The average Bonchev–Trinajstić information content (AvgIpc) is 1.77. The normalized spacial score (nSPS) is 18.8. The van der Waals surface area contributed by atoms with E-state index in [9.17, 15) is 0 Å². The number of allylic oxidation sites excluding steroid dienone is 2. The van der Waals surface area contributed by atoms with E-state index in [4.69, 9.17) is 5.84 Å². The Labute approximate surface area is 49.2 Å². The molecule has 0 aromatic carbocycles. The molecule has 0 saturated carbocycles. The van der Waals surface area contributed by atoms with Gasteiger partial charge in [-0.1, -0.05) is 11.6 Å². The number of nitrogens with two attached hydrogens (primary N) is 1. The Morgan fingerprint density at radius 1 is 1.75 bits per heavy atom. The van der Waals surface area contributed by atoms with Gasteiger partial charge in [-0.25, -0.2) is 5.84 Å². The van der Waals surface area contributed by atoms with Gasteiger partial charge in [-0.15, -0.1) is 0 Å². The van der Waals surface area contributed by atoms with Crippen LogP contribution in [-0.4, -0.2) is 11.6 Å². The molecule has 0 bridgehead atoms. The smallest absolute Gasteiger partial charge is 0.0521 e. The number of rotatable bonds is 0. The first-order valence-electron chi connectivity index (χ1n) is 2.65. The third-order valence-corrected chi connectivity index (χ3v) is 1.15. The number of hydrogen-bond acceptors (Lipinski definition) is 2. The highest BCUT2D eigenvalue weighted by molar-refractivity contribution is 5.19. The molecule has 0 unspecified atom stereocenters. The van der Waals surface area contributed by atoms with Crippen LogP contribution in [0.1, 0.15) is 6.92 Å². The zero-order chi connectivity index (χ0) is 5.98. The van der Waals surface area contributed by atoms with Crippen molar-refractivity contribution in [3.8, 4) is 0 Å². The third-order valence-electron chi connectivity index (χ3n) is 1.15. The van der Waals surface area contributed by atoms with Crippen LogP contribution in [0, 0.1) is 0 Å². The summed E-state index contributed by atoms with van der Waals surface area (Å²) in [6.07, 6.45) is 5.94. The Morgan fingerprint density at radius 2 is 2.50 bits per heavy atom. The van der Waals surface area contributed by atoms with E-state index in [1.807, 2.05) is 12.3 Å². The molecular formula is C6H10N2. The van der Waals surface area contributed by atoms with E-state index < -0.39 is 0 Å². The first-order chi connectivity index (χ1) is 3.79. The van der Waals surface area contributed by atoms with Crippen molar-refractivity contribution in [3.63, 3.8) is 0 Å². The molecule has 1 heterocycles. The first-order valence-corrected chi connectivity index (χ1v) is 2.65. The maximum atomic E-state index is 5.40. The molecule has 1 aliphatic heterocycles.